The first-order chi connectivity index (χ1) is 10.6. The number of guanidine groups is 1. The Balaban J connectivity index is 2.41. The summed E-state index contributed by atoms with van der Waals surface area (Å²) >= 11 is 1.55. The highest BCUT2D eigenvalue weighted by Gasteiger charge is 2.23. The second-order valence-electron chi connectivity index (χ2n) is 5.43. The fourth-order valence-corrected chi connectivity index (χ4v) is 2.77. The van der Waals surface area contributed by atoms with Crippen LogP contribution in [0.25, 0.3) is 0 Å². The standard InChI is InChI=1S/C16H29N3O2S/c1-4-17-15(18-10-6-5-7-11-21-3)19-13-16(2,20)14-9-8-12-22-14/h8-9,12,20H,4-7,10-11,13H2,1-3H3,(H2,17,18,19). The smallest absolute Gasteiger partial charge is 0.191 e. The number of aliphatic imine (C=N–C) groups is 1. The van der Waals surface area contributed by atoms with Crippen molar-refractivity contribution in [2.24, 2.45) is 4.99 Å². The van der Waals surface area contributed by atoms with Gasteiger partial charge in [-0.1, -0.05) is 6.07 Å². The second-order valence-corrected chi connectivity index (χ2v) is 6.37. The molecule has 22 heavy (non-hydrogen) atoms. The molecule has 6 heteroatoms. The van der Waals surface area contributed by atoms with Crippen molar-refractivity contribution >= 4 is 17.3 Å². The number of thiophene rings is 1. The molecule has 0 aliphatic rings. The zero-order valence-corrected chi connectivity index (χ0v) is 14.7. The van der Waals surface area contributed by atoms with Gasteiger partial charge in [0.1, 0.15) is 5.60 Å². The molecule has 0 spiro atoms. The highest BCUT2D eigenvalue weighted by atomic mass is 32.1. The molecule has 0 bridgehead atoms. The molecule has 3 N–H and O–H groups in total. The van der Waals surface area contributed by atoms with E-state index in [4.69, 9.17) is 4.74 Å². The van der Waals surface area contributed by atoms with Gasteiger partial charge in [-0.05, 0) is 44.6 Å². The molecule has 1 aromatic rings. The van der Waals surface area contributed by atoms with Crippen molar-refractivity contribution in [2.75, 3.05) is 33.4 Å². The molecule has 0 saturated heterocycles. The van der Waals surface area contributed by atoms with Crippen molar-refractivity contribution in [2.45, 2.75) is 38.7 Å². The van der Waals surface area contributed by atoms with Crippen molar-refractivity contribution in [3.8, 4) is 0 Å². The molecule has 0 aromatic carbocycles. The maximum Gasteiger partial charge on any atom is 0.191 e. The first kappa shape index (κ1) is 18.9. The summed E-state index contributed by atoms with van der Waals surface area (Å²) in [6.45, 7) is 6.67. The van der Waals surface area contributed by atoms with E-state index < -0.39 is 5.60 Å². The third kappa shape index (κ3) is 7.24. The lowest BCUT2D eigenvalue weighted by Crippen LogP contribution is -2.39. The molecule has 5 nitrogen and oxygen atoms in total. The van der Waals surface area contributed by atoms with Crippen LogP contribution < -0.4 is 10.6 Å². The van der Waals surface area contributed by atoms with Crippen LogP contribution in [0, 0.1) is 0 Å². The van der Waals surface area contributed by atoms with Gasteiger partial charge in [-0.2, -0.15) is 0 Å². The summed E-state index contributed by atoms with van der Waals surface area (Å²) in [4.78, 5) is 5.44. The first-order valence-corrected chi connectivity index (χ1v) is 8.75. The number of aliphatic hydroxyl groups is 1. The predicted octanol–water partition coefficient (Wildman–Crippen LogP) is 2.33. The molecule has 1 unspecified atom stereocenters. The average molecular weight is 327 g/mol. The Morgan fingerprint density at radius 2 is 2.18 bits per heavy atom. The van der Waals surface area contributed by atoms with Gasteiger partial charge in [0, 0.05) is 31.7 Å². The van der Waals surface area contributed by atoms with Gasteiger partial charge in [0.05, 0.1) is 6.54 Å². The number of hydrogen-bond acceptors (Lipinski definition) is 4. The molecule has 1 aromatic heterocycles. The quantitative estimate of drug-likeness (QED) is 0.350. The van der Waals surface area contributed by atoms with Gasteiger partial charge in [0.2, 0.25) is 0 Å². The van der Waals surface area contributed by atoms with E-state index in [1.54, 1.807) is 25.4 Å². The summed E-state index contributed by atoms with van der Waals surface area (Å²) in [6, 6.07) is 3.89. The Bertz CT molecular complexity index is 419. The maximum absolute atomic E-state index is 10.5. The van der Waals surface area contributed by atoms with E-state index in [1.165, 1.54) is 0 Å². The number of nitrogens with one attached hydrogen (secondary N) is 2. The first-order valence-electron chi connectivity index (χ1n) is 7.87. The van der Waals surface area contributed by atoms with E-state index in [2.05, 4.69) is 15.6 Å². The minimum atomic E-state index is -0.922. The maximum atomic E-state index is 10.5. The SMILES string of the molecule is CCNC(=NCC(C)(O)c1cccs1)NCCCCCOC. The van der Waals surface area contributed by atoms with Gasteiger partial charge in [0.15, 0.2) is 5.96 Å². The van der Waals surface area contributed by atoms with Gasteiger partial charge in [-0.15, -0.1) is 11.3 Å². The van der Waals surface area contributed by atoms with E-state index in [0.717, 1.165) is 49.8 Å². The Morgan fingerprint density at radius 1 is 1.36 bits per heavy atom. The zero-order chi connectivity index (χ0) is 16.3. The monoisotopic (exact) mass is 327 g/mol. The molecule has 0 amide bonds. The number of ether oxygens (including phenoxy) is 1. The van der Waals surface area contributed by atoms with Crippen LogP contribution in [0.1, 0.15) is 38.0 Å². The molecule has 0 aliphatic carbocycles. The molecule has 0 aliphatic heterocycles. The van der Waals surface area contributed by atoms with Gasteiger partial charge in [-0.25, -0.2) is 4.99 Å². The minimum Gasteiger partial charge on any atom is -0.385 e. The molecular formula is C16H29N3O2S. The highest BCUT2D eigenvalue weighted by molar-refractivity contribution is 7.10. The van der Waals surface area contributed by atoms with Crippen molar-refractivity contribution in [3.05, 3.63) is 22.4 Å². The third-order valence-electron chi connectivity index (χ3n) is 3.26. The molecule has 0 radical (unpaired) electrons. The summed E-state index contributed by atoms with van der Waals surface area (Å²) < 4.78 is 5.04. The third-order valence-corrected chi connectivity index (χ3v) is 4.38. The lowest BCUT2D eigenvalue weighted by molar-refractivity contribution is 0.0711. The lowest BCUT2D eigenvalue weighted by atomic mass is 10.1. The van der Waals surface area contributed by atoms with Crippen LogP contribution in [0.4, 0.5) is 0 Å². The lowest BCUT2D eigenvalue weighted by Gasteiger charge is -2.20. The van der Waals surface area contributed by atoms with Crippen LogP contribution in [0.2, 0.25) is 0 Å². The van der Waals surface area contributed by atoms with Gasteiger partial charge < -0.3 is 20.5 Å². The number of hydrogen-bond donors (Lipinski definition) is 3. The van der Waals surface area contributed by atoms with Crippen LogP contribution in [0.15, 0.2) is 22.5 Å². The fraction of sp³-hybridized carbons (Fsp3) is 0.688. The summed E-state index contributed by atoms with van der Waals surface area (Å²) in [5.41, 5.74) is -0.922. The van der Waals surface area contributed by atoms with Crippen LogP contribution in [-0.2, 0) is 10.3 Å². The summed E-state index contributed by atoms with van der Waals surface area (Å²) in [6.07, 6.45) is 3.29. The number of rotatable bonds is 10. The van der Waals surface area contributed by atoms with E-state index in [0.29, 0.717) is 6.54 Å². The molecule has 1 rings (SSSR count). The van der Waals surface area contributed by atoms with E-state index in [-0.39, 0.29) is 0 Å². The van der Waals surface area contributed by atoms with Crippen molar-refractivity contribution < 1.29 is 9.84 Å². The van der Waals surface area contributed by atoms with Crippen LogP contribution in [-0.4, -0.2) is 44.4 Å². The number of unbranched alkanes of at least 4 members (excludes halogenated alkanes) is 2. The van der Waals surface area contributed by atoms with Crippen molar-refractivity contribution in [3.63, 3.8) is 0 Å². The van der Waals surface area contributed by atoms with E-state index in [1.807, 2.05) is 24.4 Å². The summed E-state index contributed by atoms with van der Waals surface area (Å²) in [5, 5.41) is 19.0. The Kier molecular flexibility index (Phi) is 9.11. The topological polar surface area (TPSA) is 65.9 Å². The summed E-state index contributed by atoms with van der Waals surface area (Å²) in [7, 11) is 1.73. The zero-order valence-electron chi connectivity index (χ0n) is 13.9. The van der Waals surface area contributed by atoms with Crippen LogP contribution in [0.5, 0.6) is 0 Å². The molecule has 126 valence electrons. The Hall–Kier alpha value is -1.11. The largest absolute Gasteiger partial charge is 0.385 e. The Morgan fingerprint density at radius 3 is 2.82 bits per heavy atom. The number of methoxy groups -OCH3 is 1. The summed E-state index contributed by atoms with van der Waals surface area (Å²) in [5.74, 6) is 0.756. The van der Waals surface area contributed by atoms with Crippen molar-refractivity contribution in [1.29, 1.82) is 0 Å². The van der Waals surface area contributed by atoms with Gasteiger partial charge in [-0.3, -0.25) is 0 Å². The molecule has 0 saturated carbocycles. The fourth-order valence-electron chi connectivity index (χ4n) is 1.99. The predicted molar refractivity (Wildman–Crippen MR) is 93.6 cm³/mol. The normalized spacial score (nSPS) is 14.6. The molecule has 1 heterocycles. The highest BCUT2D eigenvalue weighted by Crippen LogP contribution is 2.25. The van der Waals surface area contributed by atoms with Crippen LogP contribution >= 0.6 is 11.3 Å². The molecule has 1 atom stereocenters. The van der Waals surface area contributed by atoms with Gasteiger partial charge in [0.25, 0.3) is 0 Å². The minimum absolute atomic E-state index is 0.340. The van der Waals surface area contributed by atoms with Crippen LogP contribution in [0.3, 0.4) is 0 Å². The van der Waals surface area contributed by atoms with E-state index in [9.17, 15) is 5.11 Å². The molecular weight excluding hydrogens is 298 g/mol. The molecule has 0 fully saturated rings. The Labute approximate surface area is 137 Å². The number of nitrogens with zero attached hydrogens (tertiary/aromatic N) is 1. The van der Waals surface area contributed by atoms with Gasteiger partial charge >= 0.3 is 0 Å². The second kappa shape index (κ2) is 10.6. The van der Waals surface area contributed by atoms with E-state index >= 15 is 0 Å². The average Bonchev–Trinajstić information content (AvgIpc) is 3.03. The van der Waals surface area contributed by atoms with Crippen molar-refractivity contribution in [1.82, 2.24) is 10.6 Å².